The fourth-order valence-corrected chi connectivity index (χ4v) is 1.09. The molecule has 0 aromatic carbocycles. The summed E-state index contributed by atoms with van der Waals surface area (Å²) in [6.07, 6.45) is 25.6. The van der Waals surface area contributed by atoms with Crippen molar-refractivity contribution in [2.75, 3.05) is 0 Å². The lowest BCUT2D eigenvalue weighted by Gasteiger charge is -1.84. The molecule has 0 fully saturated rings. The molecular weight excluding hydrogens is 262 g/mol. The number of rotatable bonds is 0. The van der Waals surface area contributed by atoms with Gasteiger partial charge in [0.05, 0.1) is 18.7 Å². The maximum atomic E-state index is 8.87. The van der Waals surface area contributed by atoms with Crippen LogP contribution in [0, 0.1) is 11.3 Å². The zero-order chi connectivity index (χ0) is 15.0. The van der Waals surface area contributed by atoms with Gasteiger partial charge in [0.25, 0.3) is 0 Å². The summed E-state index contributed by atoms with van der Waals surface area (Å²) in [5.74, 6) is 0. The molecule has 0 aromatic rings. The highest BCUT2D eigenvalue weighted by Gasteiger charge is 1.86. The van der Waals surface area contributed by atoms with Crippen molar-refractivity contribution >= 4 is 11.9 Å². The Hall–Kier alpha value is -3.19. The van der Waals surface area contributed by atoms with Gasteiger partial charge in [-0.3, -0.25) is 4.99 Å². The molecule has 0 saturated heterocycles. The summed E-state index contributed by atoms with van der Waals surface area (Å²) in [4.78, 5) is 7.94. The van der Waals surface area contributed by atoms with E-state index < -0.39 is 0 Å². The summed E-state index contributed by atoms with van der Waals surface area (Å²) in [6, 6.07) is 1.95. The summed E-state index contributed by atoms with van der Waals surface area (Å²) < 4.78 is 5.12. The van der Waals surface area contributed by atoms with Crippen LogP contribution in [0.1, 0.15) is 0 Å². The van der Waals surface area contributed by atoms with E-state index in [0.29, 0.717) is 0 Å². The molecule has 1 rings (SSSR count). The molecule has 104 valence electrons. The second kappa shape index (κ2) is 11.9. The number of ether oxygens (including phenoxy) is 1. The first kappa shape index (κ1) is 15.9. The van der Waals surface area contributed by atoms with Gasteiger partial charge in [-0.15, -0.1) is 0 Å². The molecule has 1 heterocycles. The smallest absolute Gasteiger partial charge is 0.158 e. The number of hydrogen-bond donors (Lipinski definition) is 0. The minimum Gasteiger partial charge on any atom is -0.473 e. The van der Waals surface area contributed by atoms with Gasteiger partial charge in [-0.2, -0.15) is 5.26 Å². The Labute approximate surface area is 124 Å². The van der Waals surface area contributed by atoms with Crippen molar-refractivity contribution in [2.45, 2.75) is 0 Å². The first-order valence-corrected chi connectivity index (χ1v) is 6.23. The van der Waals surface area contributed by atoms with Crippen LogP contribution in [-0.2, 0) is 4.74 Å². The van der Waals surface area contributed by atoms with Crippen molar-refractivity contribution < 1.29 is 4.74 Å². The average molecular weight is 277 g/mol. The lowest BCUT2D eigenvalue weighted by molar-refractivity contribution is 0.403. The van der Waals surface area contributed by atoms with Crippen LogP contribution in [0.4, 0.5) is 0 Å². The van der Waals surface area contributed by atoms with E-state index >= 15 is 0 Å². The van der Waals surface area contributed by atoms with Gasteiger partial charge in [-0.1, -0.05) is 36.5 Å². The normalized spacial score (nSPS) is 26.3. The van der Waals surface area contributed by atoms with Crippen molar-refractivity contribution in [1.82, 2.24) is 0 Å². The Morgan fingerprint density at radius 3 is 2.00 bits per heavy atom. The molecule has 0 saturated carbocycles. The van der Waals surface area contributed by atoms with E-state index in [1.807, 2.05) is 30.4 Å². The van der Waals surface area contributed by atoms with Gasteiger partial charge < -0.3 is 4.74 Å². The van der Waals surface area contributed by atoms with Crippen LogP contribution in [0.25, 0.3) is 0 Å². The van der Waals surface area contributed by atoms with Crippen LogP contribution in [0.3, 0.4) is 0 Å². The van der Waals surface area contributed by atoms with Crippen molar-refractivity contribution in [2.24, 2.45) is 9.98 Å². The number of allylic oxidation sites excluding steroid dienone is 10. The zero-order valence-electron chi connectivity index (χ0n) is 11.4. The molecular formula is C17H15N3O. The van der Waals surface area contributed by atoms with Crippen LogP contribution >= 0.6 is 0 Å². The minimum absolute atomic E-state index is 0.231. The molecule has 4 nitrogen and oxygen atoms in total. The highest BCUT2D eigenvalue weighted by Crippen LogP contribution is 1.88. The molecule has 0 atom stereocenters. The SMILES string of the molecule is N#CC1=N\C=C/C=C\C=C/O\C=C/C=C\C=C/C=C\N=C1. The van der Waals surface area contributed by atoms with Gasteiger partial charge in [0.15, 0.2) is 5.71 Å². The zero-order valence-corrected chi connectivity index (χ0v) is 11.4. The molecule has 1 aliphatic heterocycles. The van der Waals surface area contributed by atoms with Crippen LogP contribution in [-0.4, -0.2) is 11.9 Å². The Morgan fingerprint density at radius 2 is 1.33 bits per heavy atom. The van der Waals surface area contributed by atoms with Gasteiger partial charge in [0.1, 0.15) is 6.07 Å². The van der Waals surface area contributed by atoms with Crippen molar-refractivity contribution in [3.05, 3.63) is 85.7 Å². The fourth-order valence-electron chi connectivity index (χ4n) is 1.09. The molecule has 0 amide bonds. The van der Waals surface area contributed by atoms with Gasteiger partial charge in [-0.05, 0) is 24.3 Å². The molecule has 21 heavy (non-hydrogen) atoms. The number of hydrogen-bond acceptors (Lipinski definition) is 4. The molecule has 0 spiro atoms. The quantitative estimate of drug-likeness (QED) is 0.676. The van der Waals surface area contributed by atoms with Crippen molar-refractivity contribution in [3.63, 3.8) is 0 Å². The summed E-state index contributed by atoms with van der Waals surface area (Å²) in [6.45, 7) is 0. The summed E-state index contributed by atoms with van der Waals surface area (Å²) in [5, 5.41) is 8.87. The summed E-state index contributed by atoms with van der Waals surface area (Å²) in [5.41, 5.74) is 0.231. The summed E-state index contributed by atoms with van der Waals surface area (Å²) in [7, 11) is 0. The molecule has 0 aliphatic carbocycles. The summed E-state index contributed by atoms with van der Waals surface area (Å²) >= 11 is 0. The lowest BCUT2D eigenvalue weighted by atomic mass is 10.4. The molecule has 1 aliphatic rings. The fraction of sp³-hybridized carbons (Fsp3) is 0. The standard InChI is InChI=1S/C17H15N3O/c18-15-17-16-19-11-7-3-1-2-5-9-13-21-14-10-6-4-8-12-20-17/h1-14,16H/b3-1-,5-2-,6-4-,11-7-,12-8-,13-9-,14-10-,19-16?,20-17?. The molecule has 0 unspecified atom stereocenters. The van der Waals surface area contributed by atoms with Gasteiger partial charge in [0, 0.05) is 12.4 Å². The molecule has 4 heteroatoms. The van der Waals surface area contributed by atoms with E-state index in [4.69, 9.17) is 10.00 Å². The van der Waals surface area contributed by atoms with Crippen LogP contribution in [0.15, 0.2) is 95.7 Å². The van der Waals surface area contributed by atoms with Gasteiger partial charge in [-0.25, -0.2) is 4.99 Å². The van der Waals surface area contributed by atoms with E-state index in [1.165, 1.54) is 12.4 Å². The van der Waals surface area contributed by atoms with Crippen molar-refractivity contribution in [3.8, 4) is 6.07 Å². The van der Waals surface area contributed by atoms with E-state index in [1.54, 1.807) is 55.2 Å². The van der Waals surface area contributed by atoms with Gasteiger partial charge in [0.2, 0.25) is 0 Å². The minimum atomic E-state index is 0.231. The third kappa shape index (κ3) is 9.40. The van der Waals surface area contributed by atoms with Crippen LogP contribution < -0.4 is 0 Å². The Morgan fingerprint density at radius 1 is 0.762 bits per heavy atom. The monoisotopic (exact) mass is 277 g/mol. The van der Waals surface area contributed by atoms with E-state index in [2.05, 4.69) is 9.98 Å². The number of aliphatic imine (C=N–C) groups is 2. The van der Waals surface area contributed by atoms with Crippen LogP contribution in [0.2, 0.25) is 0 Å². The maximum absolute atomic E-state index is 8.87. The van der Waals surface area contributed by atoms with Crippen molar-refractivity contribution in [1.29, 1.82) is 5.26 Å². The average Bonchev–Trinajstić information content (AvgIpc) is 2.51. The second-order valence-corrected chi connectivity index (χ2v) is 3.54. The van der Waals surface area contributed by atoms with E-state index in [0.717, 1.165) is 0 Å². The van der Waals surface area contributed by atoms with Crippen LogP contribution in [0.5, 0.6) is 0 Å². The second-order valence-electron chi connectivity index (χ2n) is 3.54. The number of nitrogens with zero attached hydrogens (tertiary/aromatic N) is 3. The van der Waals surface area contributed by atoms with E-state index in [-0.39, 0.29) is 5.71 Å². The van der Waals surface area contributed by atoms with Gasteiger partial charge >= 0.3 is 0 Å². The first-order valence-electron chi connectivity index (χ1n) is 6.23. The predicted octanol–water partition coefficient (Wildman–Crippen LogP) is 3.78. The molecule has 0 aromatic heterocycles. The van der Waals surface area contributed by atoms with E-state index in [9.17, 15) is 0 Å². The lowest BCUT2D eigenvalue weighted by Crippen LogP contribution is -1.93. The molecule has 0 N–H and O–H groups in total. The highest BCUT2D eigenvalue weighted by molar-refractivity contribution is 6.38. The first-order chi connectivity index (χ1) is 10.4. The maximum Gasteiger partial charge on any atom is 0.158 e. The Bertz CT molecular complexity index is 606. The Kier molecular flexibility index (Phi) is 8.97. The third-order valence-electron chi connectivity index (χ3n) is 1.99. The highest BCUT2D eigenvalue weighted by atomic mass is 16.5. The molecule has 0 radical (unpaired) electrons. The Balaban J connectivity index is 2.81. The number of nitriles is 1. The largest absolute Gasteiger partial charge is 0.473 e. The molecule has 0 bridgehead atoms. The third-order valence-corrected chi connectivity index (χ3v) is 1.99. The topological polar surface area (TPSA) is 57.7 Å². The predicted molar refractivity (Wildman–Crippen MR) is 86.6 cm³/mol.